The molecule has 1 unspecified atom stereocenters. The zero-order valence-corrected chi connectivity index (χ0v) is 23.1. The molecule has 39 heavy (non-hydrogen) atoms. The molecular formula is C28H32N4O6S. The maximum Gasteiger partial charge on any atom is 0.271 e. The van der Waals surface area contributed by atoms with Crippen LogP contribution >= 0.6 is 0 Å². The van der Waals surface area contributed by atoms with Crippen LogP contribution in [-0.2, 0) is 26.2 Å². The third kappa shape index (κ3) is 7.64. The predicted octanol–water partition coefficient (Wildman–Crippen LogP) is 4.12. The smallest absolute Gasteiger partial charge is 0.271 e. The van der Waals surface area contributed by atoms with Crippen LogP contribution in [0.5, 0.6) is 0 Å². The third-order valence-electron chi connectivity index (χ3n) is 5.80. The van der Waals surface area contributed by atoms with Gasteiger partial charge in [0.15, 0.2) is 0 Å². The van der Waals surface area contributed by atoms with Crippen molar-refractivity contribution in [2.24, 2.45) is 0 Å². The number of anilines is 1. The molecule has 0 aromatic heterocycles. The highest BCUT2D eigenvalue weighted by Crippen LogP contribution is 2.27. The zero-order chi connectivity index (χ0) is 28.8. The standard InChI is InChI=1S/C28H32N4O6S/c1-21(27(34)29-28(2,3)4)30(19-22-12-7-5-8-13-22)26(33)20-31(23-14-11-15-24(18-23)32(35)36)39(37,38)25-16-9-6-10-17-25/h5-18,21H,19-20H2,1-4H3,(H,29,34). The van der Waals surface area contributed by atoms with Crippen molar-refractivity contribution in [2.45, 2.75) is 50.7 Å². The molecule has 0 aliphatic rings. The third-order valence-corrected chi connectivity index (χ3v) is 7.59. The first-order chi connectivity index (χ1) is 18.3. The number of sulfonamides is 1. The van der Waals surface area contributed by atoms with Gasteiger partial charge in [0.1, 0.15) is 12.6 Å². The minimum atomic E-state index is -4.31. The average Bonchev–Trinajstić information content (AvgIpc) is 2.90. The van der Waals surface area contributed by atoms with Crippen LogP contribution in [0.25, 0.3) is 0 Å². The van der Waals surface area contributed by atoms with E-state index >= 15 is 0 Å². The predicted molar refractivity (Wildman–Crippen MR) is 148 cm³/mol. The number of hydrogen-bond donors (Lipinski definition) is 1. The number of nitro benzene ring substituents is 1. The Morgan fingerprint density at radius 2 is 1.54 bits per heavy atom. The number of carbonyl (C=O) groups is 2. The zero-order valence-electron chi connectivity index (χ0n) is 22.3. The highest BCUT2D eigenvalue weighted by atomic mass is 32.2. The number of carbonyl (C=O) groups excluding carboxylic acids is 2. The molecule has 10 nitrogen and oxygen atoms in total. The van der Waals surface area contributed by atoms with Crippen molar-refractivity contribution in [1.82, 2.24) is 10.2 Å². The molecule has 0 spiro atoms. The fourth-order valence-corrected chi connectivity index (χ4v) is 5.27. The van der Waals surface area contributed by atoms with Crippen molar-refractivity contribution in [3.63, 3.8) is 0 Å². The van der Waals surface area contributed by atoms with Crippen molar-refractivity contribution in [3.8, 4) is 0 Å². The van der Waals surface area contributed by atoms with Crippen LogP contribution in [0, 0.1) is 10.1 Å². The SMILES string of the molecule is CC(C(=O)NC(C)(C)C)N(Cc1ccccc1)C(=O)CN(c1cccc([N+](=O)[O-])c1)S(=O)(=O)c1ccccc1. The fourth-order valence-electron chi connectivity index (χ4n) is 3.85. The number of hydrogen-bond acceptors (Lipinski definition) is 6. The van der Waals surface area contributed by atoms with E-state index in [0.29, 0.717) is 0 Å². The van der Waals surface area contributed by atoms with Crippen LogP contribution in [0.15, 0.2) is 89.8 Å². The highest BCUT2D eigenvalue weighted by Gasteiger charge is 2.33. The molecule has 2 amide bonds. The Hall–Kier alpha value is -4.25. The van der Waals surface area contributed by atoms with E-state index in [1.54, 1.807) is 49.4 Å². The van der Waals surface area contributed by atoms with E-state index in [-0.39, 0.29) is 22.8 Å². The van der Waals surface area contributed by atoms with E-state index in [9.17, 15) is 28.1 Å². The van der Waals surface area contributed by atoms with Crippen molar-refractivity contribution in [1.29, 1.82) is 0 Å². The summed E-state index contributed by atoms with van der Waals surface area (Å²) in [6, 6.07) is 20.7. The van der Waals surface area contributed by atoms with Crippen LogP contribution in [0.3, 0.4) is 0 Å². The number of non-ortho nitro benzene ring substituents is 1. The molecular weight excluding hydrogens is 520 g/mol. The number of nitrogens with zero attached hydrogens (tertiary/aromatic N) is 3. The first-order valence-electron chi connectivity index (χ1n) is 12.3. The monoisotopic (exact) mass is 552 g/mol. The molecule has 11 heteroatoms. The van der Waals surface area contributed by atoms with Gasteiger partial charge in [-0.25, -0.2) is 8.42 Å². The van der Waals surface area contributed by atoms with Gasteiger partial charge in [-0.15, -0.1) is 0 Å². The summed E-state index contributed by atoms with van der Waals surface area (Å²) in [4.78, 5) is 38.9. The minimum Gasteiger partial charge on any atom is -0.350 e. The summed E-state index contributed by atoms with van der Waals surface area (Å²) in [7, 11) is -4.31. The van der Waals surface area contributed by atoms with E-state index in [0.717, 1.165) is 15.9 Å². The summed E-state index contributed by atoms with van der Waals surface area (Å²) in [5.41, 5.74) is -0.187. The van der Waals surface area contributed by atoms with E-state index in [1.807, 2.05) is 26.8 Å². The molecule has 0 saturated carbocycles. The van der Waals surface area contributed by atoms with Gasteiger partial charge < -0.3 is 10.2 Å². The van der Waals surface area contributed by atoms with Gasteiger partial charge in [0.2, 0.25) is 11.8 Å². The second kappa shape index (κ2) is 12.1. The maximum atomic E-state index is 13.8. The Labute approximate surface area is 228 Å². The largest absolute Gasteiger partial charge is 0.350 e. The summed E-state index contributed by atoms with van der Waals surface area (Å²) >= 11 is 0. The molecule has 0 aliphatic carbocycles. The van der Waals surface area contributed by atoms with Gasteiger partial charge in [0, 0.05) is 24.2 Å². The minimum absolute atomic E-state index is 0.0482. The molecule has 0 aliphatic heterocycles. The van der Waals surface area contributed by atoms with Crippen molar-refractivity contribution >= 4 is 33.2 Å². The van der Waals surface area contributed by atoms with Crippen LogP contribution in [-0.4, -0.2) is 48.2 Å². The second-order valence-electron chi connectivity index (χ2n) is 10.0. The van der Waals surface area contributed by atoms with Gasteiger partial charge in [-0.3, -0.25) is 24.0 Å². The summed E-state index contributed by atoms with van der Waals surface area (Å²) < 4.78 is 28.3. The lowest BCUT2D eigenvalue weighted by Crippen LogP contribution is -2.54. The molecule has 3 aromatic carbocycles. The number of rotatable bonds is 10. The van der Waals surface area contributed by atoms with Gasteiger partial charge in [-0.2, -0.15) is 0 Å². The molecule has 3 aromatic rings. The van der Waals surface area contributed by atoms with E-state index in [2.05, 4.69) is 5.32 Å². The van der Waals surface area contributed by atoms with E-state index in [1.165, 1.54) is 35.2 Å². The lowest BCUT2D eigenvalue weighted by molar-refractivity contribution is -0.384. The van der Waals surface area contributed by atoms with Gasteiger partial charge in [-0.05, 0) is 51.5 Å². The molecule has 0 radical (unpaired) electrons. The quantitative estimate of drug-likeness (QED) is 0.297. The highest BCUT2D eigenvalue weighted by molar-refractivity contribution is 7.92. The lowest BCUT2D eigenvalue weighted by Gasteiger charge is -2.33. The normalized spacial score (nSPS) is 12.3. The number of nitrogens with one attached hydrogen (secondary N) is 1. The Kier molecular flexibility index (Phi) is 9.08. The summed E-state index contributed by atoms with van der Waals surface area (Å²) in [6.45, 7) is 6.39. The first-order valence-corrected chi connectivity index (χ1v) is 13.7. The molecule has 1 N–H and O–H groups in total. The molecule has 0 saturated heterocycles. The van der Waals surface area contributed by atoms with E-state index in [4.69, 9.17) is 0 Å². The van der Waals surface area contributed by atoms with Gasteiger partial charge in [0.25, 0.3) is 15.7 Å². The van der Waals surface area contributed by atoms with Crippen molar-refractivity contribution < 1.29 is 22.9 Å². The van der Waals surface area contributed by atoms with Crippen LogP contribution in [0.2, 0.25) is 0 Å². The summed E-state index contributed by atoms with van der Waals surface area (Å²) in [6.07, 6.45) is 0. The van der Waals surface area contributed by atoms with Crippen molar-refractivity contribution in [3.05, 3.63) is 101 Å². The van der Waals surface area contributed by atoms with Gasteiger partial charge >= 0.3 is 0 Å². The number of amides is 2. The van der Waals surface area contributed by atoms with Gasteiger partial charge in [0.05, 0.1) is 15.5 Å². The molecule has 0 heterocycles. The Bertz CT molecular complexity index is 1420. The first kappa shape index (κ1) is 29.3. The van der Waals surface area contributed by atoms with E-state index < -0.39 is 44.9 Å². The summed E-state index contributed by atoms with van der Waals surface area (Å²) in [5.74, 6) is -1.05. The second-order valence-corrected chi connectivity index (χ2v) is 11.9. The topological polar surface area (TPSA) is 130 Å². The number of benzene rings is 3. The van der Waals surface area contributed by atoms with Crippen molar-refractivity contribution in [2.75, 3.05) is 10.8 Å². The van der Waals surface area contributed by atoms with Crippen LogP contribution in [0.1, 0.15) is 33.3 Å². The average molecular weight is 553 g/mol. The Morgan fingerprint density at radius 3 is 2.10 bits per heavy atom. The maximum absolute atomic E-state index is 13.8. The van der Waals surface area contributed by atoms with Crippen LogP contribution < -0.4 is 9.62 Å². The molecule has 0 bridgehead atoms. The molecule has 3 rings (SSSR count). The van der Waals surface area contributed by atoms with Gasteiger partial charge in [-0.1, -0.05) is 54.6 Å². The fraction of sp³-hybridized carbons (Fsp3) is 0.286. The molecule has 1 atom stereocenters. The summed E-state index contributed by atoms with van der Waals surface area (Å²) in [5, 5.41) is 14.3. The number of nitro groups is 1. The van der Waals surface area contributed by atoms with Crippen LogP contribution in [0.4, 0.5) is 11.4 Å². The molecule has 0 fully saturated rings. The lowest BCUT2D eigenvalue weighted by atomic mass is 10.1. The Morgan fingerprint density at radius 1 is 0.949 bits per heavy atom. The Balaban J connectivity index is 2.06. The molecule has 206 valence electrons.